The third-order valence-corrected chi connectivity index (χ3v) is 8.07. The fraction of sp³-hybridized carbons (Fsp3) is 0.344. The molecule has 2 amide bonds. The lowest BCUT2D eigenvalue weighted by atomic mass is 9.98. The number of piperidine rings is 1. The van der Waals surface area contributed by atoms with E-state index in [0.717, 1.165) is 49.2 Å². The van der Waals surface area contributed by atoms with Gasteiger partial charge in [0.25, 0.3) is 5.91 Å². The van der Waals surface area contributed by atoms with Crippen molar-refractivity contribution >= 4 is 29.1 Å². The highest BCUT2D eigenvalue weighted by Gasteiger charge is 2.27. The van der Waals surface area contributed by atoms with Gasteiger partial charge in [-0.15, -0.1) is 0 Å². The molecule has 1 fully saturated rings. The number of anilines is 1. The number of hydrogen-bond acceptors (Lipinski definition) is 5. The summed E-state index contributed by atoms with van der Waals surface area (Å²) in [6.07, 6.45) is 2.80. The SMILES string of the molecule is Cc1cccc(Cl)c1C(=O)NCCC(C)N1CCC(N(Cc2cccc(C#N)c2)c2ccc(C(N)=O)cc2)CC1. The van der Waals surface area contributed by atoms with Crippen LogP contribution in [-0.4, -0.2) is 48.4 Å². The quantitative estimate of drug-likeness (QED) is 0.352. The number of likely N-dealkylation sites (tertiary alicyclic amines) is 1. The number of hydrogen-bond donors (Lipinski definition) is 2. The highest BCUT2D eigenvalue weighted by atomic mass is 35.5. The summed E-state index contributed by atoms with van der Waals surface area (Å²) in [6, 6.07) is 23.5. The summed E-state index contributed by atoms with van der Waals surface area (Å²) in [6.45, 7) is 7.23. The summed E-state index contributed by atoms with van der Waals surface area (Å²) < 4.78 is 0. The van der Waals surface area contributed by atoms with E-state index >= 15 is 0 Å². The number of benzene rings is 3. The summed E-state index contributed by atoms with van der Waals surface area (Å²) in [5.41, 5.74) is 10.1. The number of nitriles is 1. The van der Waals surface area contributed by atoms with Crippen LogP contribution in [0.15, 0.2) is 66.7 Å². The number of nitrogens with two attached hydrogens (primary N) is 1. The van der Waals surface area contributed by atoms with Crippen LogP contribution in [0.25, 0.3) is 0 Å². The molecule has 0 spiro atoms. The van der Waals surface area contributed by atoms with Crippen molar-refractivity contribution in [3.05, 3.63) is 99.6 Å². The molecule has 3 N–H and O–H groups in total. The lowest BCUT2D eigenvalue weighted by Gasteiger charge is -2.42. The zero-order valence-corrected chi connectivity index (χ0v) is 23.8. The smallest absolute Gasteiger partial charge is 0.253 e. The highest BCUT2D eigenvalue weighted by molar-refractivity contribution is 6.34. The lowest BCUT2D eigenvalue weighted by molar-refractivity contribution is 0.0943. The summed E-state index contributed by atoms with van der Waals surface area (Å²) >= 11 is 6.25. The van der Waals surface area contributed by atoms with Gasteiger partial charge in [0.05, 0.1) is 22.2 Å². The molecule has 1 unspecified atom stereocenters. The molecule has 1 saturated heterocycles. The Labute approximate surface area is 241 Å². The molecule has 0 radical (unpaired) electrons. The van der Waals surface area contributed by atoms with Crippen LogP contribution in [0, 0.1) is 18.3 Å². The molecule has 1 atom stereocenters. The standard InChI is InChI=1S/C32H36ClN5O2/c1-22-5-3-8-29(33)30(22)32(40)36-16-13-23(2)37-17-14-28(15-18-37)38(21-25-7-4-6-24(19-25)20-34)27-11-9-26(10-12-27)31(35)39/h3-12,19,23,28H,13-18,21H2,1-2H3,(H2,35,39)(H,36,40). The van der Waals surface area contributed by atoms with Crippen LogP contribution in [0.5, 0.6) is 0 Å². The third kappa shape index (κ3) is 7.20. The van der Waals surface area contributed by atoms with Crippen molar-refractivity contribution in [2.45, 2.75) is 51.7 Å². The molecule has 40 heavy (non-hydrogen) atoms. The minimum absolute atomic E-state index is 0.132. The fourth-order valence-electron chi connectivity index (χ4n) is 5.41. The second-order valence-electron chi connectivity index (χ2n) is 10.4. The molecule has 0 bridgehead atoms. The van der Waals surface area contributed by atoms with Crippen molar-refractivity contribution in [2.24, 2.45) is 5.73 Å². The first-order valence-corrected chi connectivity index (χ1v) is 14.1. The van der Waals surface area contributed by atoms with Gasteiger partial charge in [0.15, 0.2) is 0 Å². The van der Waals surface area contributed by atoms with E-state index in [9.17, 15) is 14.9 Å². The van der Waals surface area contributed by atoms with Crippen molar-refractivity contribution in [1.82, 2.24) is 10.2 Å². The van der Waals surface area contributed by atoms with E-state index in [2.05, 4.69) is 28.1 Å². The first kappa shape index (κ1) is 29.1. The van der Waals surface area contributed by atoms with E-state index < -0.39 is 5.91 Å². The number of aryl methyl sites for hydroxylation is 1. The van der Waals surface area contributed by atoms with Gasteiger partial charge in [-0.3, -0.25) is 9.59 Å². The number of rotatable bonds is 10. The average molecular weight is 558 g/mol. The van der Waals surface area contributed by atoms with Crippen LogP contribution >= 0.6 is 11.6 Å². The largest absolute Gasteiger partial charge is 0.366 e. The average Bonchev–Trinajstić information content (AvgIpc) is 2.96. The van der Waals surface area contributed by atoms with Gasteiger partial charge in [-0.05, 0) is 86.7 Å². The summed E-state index contributed by atoms with van der Waals surface area (Å²) in [4.78, 5) is 29.1. The van der Waals surface area contributed by atoms with Crippen LogP contribution < -0.4 is 16.0 Å². The number of carbonyl (C=O) groups excluding carboxylic acids is 2. The molecule has 8 heteroatoms. The first-order valence-electron chi connectivity index (χ1n) is 13.7. The number of amides is 2. The molecule has 4 rings (SSSR count). The molecule has 208 valence electrons. The van der Waals surface area contributed by atoms with Crippen molar-refractivity contribution in [2.75, 3.05) is 24.5 Å². The minimum Gasteiger partial charge on any atom is -0.366 e. The van der Waals surface area contributed by atoms with Crippen molar-refractivity contribution in [3.8, 4) is 6.07 Å². The monoisotopic (exact) mass is 557 g/mol. The second kappa shape index (κ2) is 13.5. The Morgan fingerprint density at radius 3 is 2.48 bits per heavy atom. The normalized spacial score (nSPS) is 14.8. The second-order valence-corrected chi connectivity index (χ2v) is 10.9. The zero-order chi connectivity index (χ0) is 28.6. The van der Waals surface area contributed by atoms with Crippen LogP contribution in [0.1, 0.15) is 63.6 Å². The summed E-state index contributed by atoms with van der Waals surface area (Å²) in [7, 11) is 0. The maximum Gasteiger partial charge on any atom is 0.253 e. The Morgan fingerprint density at radius 2 is 1.82 bits per heavy atom. The van der Waals surface area contributed by atoms with Gasteiger partial charge in [0, 0.05) is 49.5 Å². The zero-order valence-electron chi connectivity index (χ0n) is 23.1. The molecule has 7 nitrogen and oxygen atoms in total. The number of halogens is 1. The van der Waals surface area contributed by atoms with Crippen LogP contribution in [0.3, 0.4) is 0 Å². The maximum absolute atomic E-state index is 12.7. The van der Waals surface area contributed by atoms with Gasteiger partial charge >= 0.3 is 0 Å². The Morgan fingerprint density at radius 1 is 1.12 bits per heavy atom. The Bertz CT molecular complexity index is 1360. The predicted octanol–water partition coefficient (Wildman–Crippen LogP) is 5.30. The van der Waals surface area contributed by atoms with Gasteiger partial charge in [-0.1, -0.05) is 35.9 Å². The van der Waals surface area contributed by atoms with E-state index in [0.29, 0.717) is 46.9 Å². The summed E-state index contributed by atoms with van der Waals surface area (Å²) in [5.74, 6) is -0.576. The molecular weight excluding hydrogens is 522 g/mol. The molecule has 1 aliphatic rings. The minimum atomic E-state index is -0.444. The molecule has 0 saturated carbocycles. The number of primary amides is 1. The molecule has 1 aliphatic heterocycles. The molecule has 3 aromatic rings. The Hall–Kier alpha value is -3.86. The van der Waals surface area contributed by atoms with Gasteiger partial charge in [-0.25, -0.2) is 0 Å². The lowest BCUT2D eigenvalue weighted by Crippen LogP contribution is -2.48. The fourth-order valence-corrected chi connectivity index (χ4v) is 5.72. The molecule has 0 aromatic heterocycles. The van der Waals surface area contributed by atoms with E-state index in [1.165, 1.54) is 0 Å². The van der Waals surface area contributed by atoms with Gasteiger partial charge < -0.3 is 20.9 Å². The molecule has 3 aromatic carbocycles. The van der Waals surface area contributed by atoms with Crippen molar-refractivity contribution in [1.29, 1.82) is 5.26 Å². The van der Waals surface area contributed by atoms with E-state index in [1.54, 1.807) is 18.2 Å². The Kier molecular flexibility index (Phi) is 9.81. The maximum atomic E-state index is 12.7. The Balaban J connectivity index is 1.37. The van der Waals surface area contributed by atoms with Gasteiger partial charge in [0.1, 0.15) is 0 Å². The highest BCUT2D eigenvalue weighted by Crippen LogP contribution is 2.28. The number of nitrogens with zero attached hydrogens (tertiary/aromatic N) is 3. The summed E-state index contributed by atoms with van der Waals surface area (Å²) in [5, 5.41) is 12.9. The molecule has 0 aliphatic carbocycles. The molecular formula is C32H36ClN5O2. The van der Waals surface area contributed by atoms with E-state index in [1.807, 2.05) is 55.5 Å². The van der Waals surface area contributed by atoms with Crippen molar-refractivity contribution in [3.63, 3.8) is 0 Å². The van der Waals surface area contributed by atoms with Crippen molar-refractivity contribution < 1.29 is 9.59 Å². The van der Waals surface area contributed by atoms with Crippen LogP contribution in [-0.2, 0) is 6.54 Å². The first-order chi connectivity index (χ1) is 19.3. The number of nitrogens with one attached hydrogen (secondary N) is 1. The topological polar surface area (TPSA) is 102 Å². The predicted molar refractivity (Wildman–Crippen MR) is 159 cm³/mol. The molecule has 1 heterocycles. The van der Waals surface area contributed by atoms with Crippen LogP contribution in [0.4, 0.5) is 5.69 Å². The third-order valence-electron chi connectivity index (χ3n) is 7.75. The van der Waals surface area contributed by atoms with Gasteiger partial charge in [0.2, 0.25) is 5.91 Å². The number of carbonyl (C=O) groups is 2. The van der Waals surface area contributed by atoms with E-state index in [-0.39, 0.29) is 5.91 Å². The van der Waals surface area contributed by atoms with Crippen LogP contribution in [0.2, 0.25) is 5.02 Å². The van der Waals surface area contributed by atoms with Gasteiger partial charge in [-0.2, -0.15) is 5.26 Å². The van der Waals surface area contributed by atoms with E-state index in [4.69, 9.17) is 17.3 Å².